The fourth-order valence-electron chi connectivity index (χ4n) is 2.36. The van der Waals surface area contributed by atoms with Crippen molar-refractivity contribution < 1.29 is 9.53 Å². The largest absolute Gasteiger partial charge is 0.375 e. The zero-order valence-corrected chi connectivity index (χ0v) is 7.47. The maximum Gasteiger partial charge on any atom is 0.135 e. The highest BCUT2D eigenvalue weighted by atomic mass is 16.5. The summed E-state index contributed by atoms with van der Waals surface area (Å²) in [5.41, 5.74) is 0.117. The summed E-state index contributed by atoms with van der Waals surface area (Å²) in [6, 6.07) is 0. The molecule has 2 rings (SSSR count). The molecular weight excluding hydrogens is 152 g/mol. The first-order chi connectivity index (χ1) is 5.81. The molecule has 0 amide bonds. The van der Waals surface area contributed by atoms with Crippen LogP contribution >= 0.6 is 0 Å². The van der Waals surface area contributed by atoms with Crippen molar-refractivity contribution in [3.63, 3.8) is 0 Å². The van der Waals surface area contributed by atoms with Crippen molar-refractivity contribution in [2.75, 3.05) is 6.61 Å². The van der Waals surface area contributed by atoms with Gasteiger partial charge in [0.1, 0.15) is 5.78 Å². The molecule has 0 atom stereocenters. The summed E-state index contributed by atoms with van der Waals surface area (Å²) in [4.78, 5) is 11.1. The maximum absolute atomic E-state index is 11.1. The van der Waals surface area contributed by atoms with Gasteiger partial charge in [0.15, 0.2) is 0 Å². The van der Waals surface area contributed by atoms with Crippen molar-refractivity contribution in [2.45, 2.75) is 50.5 Å². The van der Waals surface area contributed by atoms with Gasteiger partial charge in [-0.3, -0.25) is 4.79 Å². The predicted molar refractivity (Wildman–Crippen MR) is 46.0 cm³/mol. The van der Waals surface area contributed by atoms with E-state index in [1.807, 2.05) is 0 Å². The van der Waals surface area contributed by atoms with E-state index in [1.54, 1.807) is 0 Å². The lowest BCUT2D eigenvalue weighted by Gasteiger charge is -2.26. The summed E-state index contributed by atoms with van der Waals surface area (Å²) in [7, 11) is 0. The van der Waals surface area contributed by atoms with E-state index in [1.165, 1.54) is 25.7 Å². The lowest BCUT2D eigenvalue weighted by atomic mass is 9.95. The van der Waals surface area contributed by atoms with E-state index in [-0.39, 0.29) is 5.60 Å². The van der Waals surface area contributed by atoms with Crippen molar-refractivity contribution >= 4 is 5.78 Å². The zero-order chi connectivity index (χ0) is 8.44. The Morgan fingerprint density at radius 2 is 1.83 bits per heavy atom. The fourth-order valence-corrected chi connectivity index (χ4v) is 2.36. The minimum absolute atomic E-state index is 0.117. The Balaban J connectivity index is 2.01. The van der Waals surface area contributed by atoms with Crippen LogP contribution in [0.2, 0.25) is 0 Å². The van der Waals surface area contributed by atoms with Crippen LogP contribution in [-0.4, -0.2) is 18.0 Å². The molecule has 2 aliphatic rings. The average molecular weight is 168 g/mol. The average Bonchev–Trinajstić information content (AvgIpc) is 2.42. The normalized spacial score (nSPS) is 29.2. The maximum atomic E-state index is 11.1. The van der Waals surface area contributed by atoms with Gasteiger partial charge in [0.25, 0.3) is 0 Å². The number of carbonyl (C=O) groups excluding carboxylic acids is 1. The van der Waals surface area contributed by atoms with Crippen LogP contribution in [0.4, 0.5) is 0 Å². The van der Waals surface area contributed by atoms with Gasteiger partial charge in [0.05, 0.1) is 12.2 Å². The van der Waals surface area contributed by atoms with Crippen molar-refractivity contribution in [3.05, 3.63) is 0 Å². The first-order valence-electron chi connectivity index (χ1n) is 4.96. The SMILES string of the molecule is O=C1CCOC2(CCCC2)CC1. The molecule has 0 N–H and O–H groups in total. The summed E-state index contributed by atoms with van der Waals surface area (Å²) in [5, 5.41) is 0. The molecule has 12 heavy (non-hydrogen) atoms. The Bertz CT molecular complexity index is 180. The molecule has 0 bridgehead atoms. The number of carbonyl (C=O) groups is 1. The Hall–Kier alpha value is -0.370. The second-order valence-electron chi connectivity index (χ2n) is 4.03. The van der Waals surface area contributed by atoms with Gasteiger partial charge in [-0.15, -0.1) is 0 Å². The topological polar surface area (TPSA) is 26.3 Å². The first-order valence-corrected chi connectivity index (χ1v) is 4.96. The second-order valence-corrected chi connectivity index (χ2v) is 4.03. The summed E-state index contributed by atoms with van der Waals surface area (Å²) >= 11 is 0. The molecule has 1 saturated carbocycles. The third-order valence-electron chi connectivity index (χ3n) is 3.16. The van der Waals surface area contributed by atoms with Crippen LogP contribution < -0.4 is 0 Å². The lowest BCUT2D eigenvalue weighted by molar-refractivity contribution is -0.119. The van der Waals surface area contributed by atoms with Crippen molar-refractivity contribution in [3.8, 4) is 0 Å². The zero-order valence-electron chi connectivity index (χ0n) is 7.47. The number of hydrogen-bond donors (Lipinski definition) is 0. The molecule has 1 saturated heterocycles. The molecule has 2 fully saturated rings. The molecule has 0 aromatic carbocycles. The fraction of sp³-hybridized carbons (Fsp3) is 0.900. The lowest BCUT2D eigenvalue weighted by Crippen LogP contribution is -2.27. The second kappa shape index (κ2) is 3.17. The van der Waals surface area contributed by atoms with Gasteiger partial charge in [0.2, 0.25) is 0 Å². The number of Topliss-reactive ketones (excluding diaryl/α,β-unsaturated/α-hetero) is 1. The van der Waals surface area contributed by atoms with Crippen LogP contribution in [0, 0.1) is 0 Å². The number of ketones is 1. The molecule has 0 unspecified atom stereocenters. The molecule has 2 heteroatoms. The molecule has 1 heterocycles. The molecule has 1 aliphatic heterocycles. The van der Waals surface area contributed by atoms with Crippen LogP contribution in [0.3, 0.4) is 0 Å². The first kappa shape index (κ1) is 8.24. The van der Waals surface area contributed by atoms with Crippen molar-refractivity contribution in [1.29, 1.82) is 0 Å². The van der Waals surface area contributed by atoms with E-state index in [0.717, 1.165) is 12.8 Å². The van der Waals surface area contributed by atoms with E-state index in [9.17, 15) is 4.79 Å². The highest BCUT2D eigenvalue weighted by Gasteiger charge is 2.36. The smallest absolute Gasteiger partial charge is 0.135 e. The standard InChI is InChI=1S/C10H16O2/c11-9-3-7-10(12-8-4-9)5-1-2-6-10/h1-8H2. The van der Waals surface area contributed by atoms with E-state index in [2.05, 4.69) is 0 Å². The third kappa shape index (κ3) is 1.53. The Labute approximate surface area is 73.3 Å². The van der Waals surface area contributed by atoms with Crippen LogP contribution in [0.25, 0.3) is 0 Å². The van der Waals surface area contributed by atoms with Crippen LogP contribution in [0.5, 0.6) is 0 Å². The Kier molecular flexibility index (Phi) is 2.18. The van der Waals surface area contributed by atoms with Gasteiger partial charge >= 0.3 is 0 Å². The third-order valence-corrected chi connectivity index (χ3v) is 3.16. The molecule has 1 aliphatic carbocycles. The number of rotatable bonds is 0. The molecule has 0 aromatic heterocycles. The minimum Gasteiger partial charge on any atom is -0.375 e. The predicted octanol–water partition coefficient (Wildman–Crippen LogP) is 2.07. The van der Waals surface area contributed by atoms with Crippen LogP contribution in [0.1, 0.15) is 44.9 Å². The van der Waals surface area contributed by atoms with Gasteiger partial charge < -0.3 is 4.74 Å². The molecule has 0 radical (unpaired) electrons. The summed E-state index contributed by atoms with van der Waals surface area (Å²) in [6.45, 7) is 0.666. The molecule has 0 aromatic rings. The van der Waals surface area contributed by atoms with Crippen molar-refractivity contribution in [2.24, 2.45) is 0 Å². The number of ether oxygens (including phenoxy) is 1. The van der Waals surface area contributed by atoms with Crippen molar-refractivity contribution in [1.82, 2.24) is 0 Å². The van der Waals surface area contributed by atoms with Gasteiger partial charge in [0, 0.05) is 12.8 Å². The van der Waals surface area contributed by atoms with Gasteiger partial charge in [-0.2, -0.15) is 0 Å². The van der Waals surface area contributed by atoms with E-state index in [0.29, 0.717) is 18.8 Å². The highest BCUT2D eigenvalue weighted by molar-refractivity contribution is 5.78. The van der Waals surface area contributed by atoms with E-state index >= 15 is 0 Å². The minimum atomic E-state index is 0.117. The van der Waals surface area contributed by atoms with Gasteiger partial charge in [-0.05, 0) is 19.3 Å². The van der Waals surface area contributed by atoms with Gasteiger partial charge in [-0.1, -0.05) is 12.8 Å². The quantitative estimate of drug-likeness (QED) is 0.553. The van der Waals surface area contributed by atoms with Crippen LogP contribution in [-0.2, 0) is 9.53 Å². The molecular formula is C10H16O2. The monoisotopic (exact) mass is 168 g/mol. The van der Waals surface area contributed by atoms with E-state index in [4.69, 9.17) is 4.74 Å². The molecule has 68 valence electrons. The summed E-state index contributed by atoms with van der Waals surface area (Å²) in [6.07, 6.45) is 7.30. The number of hydrogen-bond acceptors (Lipinski definition) is 2. The molecule has 2 nitrogen and oxygen atoms in total. The Morgan fingerprint density at radius 1 is 1.08 bits per heavy atom. The molecule has 1 spiro atoms. The highest BCUT2D eigenvalue weighted by Crippen LogP contribution is 2.38. The Morgan fingerprint density at radius 3 is 2.58 bits per heavy atom. The summed E-state index contributed by atoms with van der Waals surface area (Å²) < 4.78 is 5.80. The summed E-state index contributed by atoms with van der Waals surface area (Å²) in [5.74, 6) is 0.388. The van der Waals surface area contributed by atoms with E-state index < -0.39 is 0 Å². The van der Waals surface area contributed by atoms with Crippen LogP contribution in [0.15, 0.2) is 0 Å². The van der Waals surface area contributed by atoms with Gasteiger partial charge in [-0.25, -0.2) is 0 Å².